The smallest absolute Gasteiger partial charge is 0.315 e. The molecular weight excluding hydrogens is 394 g/mol. The predicted octanol–water partition coefficient (Wildman–Crippen LogP) is 4.97. The van der Waals surface area contributed by atoms with Gasteiger partial charge in [-0.3, -0.25) is 14.6 Å². The van der Waals surface area contributed by atoms with E-state index in [2.05, 4.69) is 20.8 Å². The molecule has 1 aliphatic carbocycles. The van der Waals surface area contributed by atoms with Gasteiger partial charge in [-0.1, -0.05) is 39.7 Å². The number of fused-ring (bicyclic) bond motifs is 1. The molecule has 0 saturated heterocycles. The van der Waals surface area contributed by atoms with Crippen LogP contribution in [0.3, 0.4) is 0 Å². The van der Waals surface area contributed by atoms with Gasteiger partial charge in [0.2, 0.25) is 6.79 Å². The summed E-state index contributed by atoms with van der Waals surface area (Å²) in [5, 5.41) is 0. The Balaban J connectivity index is 1.74. The summed E-state index contributed by atoms with van der Waals surface area (Å²) in [6, 6.07) is 5.66. The Morgan fingerprint density at radius 1 is 1.19 bits per heavy atom. The minimum absolute atomic E-state index is 0.0638. The van der Waals surface area contributed by atoms with E-state index in [1.807, 2.05) is 25.1 Å². The zero-order valence-corrected chi connectivity index (χ0v) is 18.8. The van der Waals surface area contributed by atoms with Crippen molar-refractivity contribution in [2.45, 2.75) is 65.7 Å². The van der Waals surface area contributed by atoms with Crippen LogP contribution in [-0.4, -0.2) is 30.9 Å². The van der Waals surface area contributed by atoms with E-state index in [0.717, 1.165) is 30.5 Å². The standard InChI is InChI=1S/C25H31NO5/c1-5-6-7-10-29-24(28)21-15(2)26-17-12-25(3,4)13-18(27)23(17)22(21)16-8-9-19-20(11-16)31-14-30-19/h8-9,11,21-22H,5-7,10,12-14H2,1-4H3/t21?,22-/m0/s1. The number of esters is 1. The van der Waals surface area contributed by atoms with Crippen LogP contribution >= 0.6 is 0 Å². The van der Waals surface area contributed by atoms with Crippen molar-refractivity contribution in [1.82, 2.24) is 0 Å². The summed E-state index contributed by atoms with van der Waals surface area (Å²) >= 11 is 0. The Kier molecular flexibility index (Phi) is 5.91. The van der Waals surface area contributed by atoms with E-state index in [0.29, 0.717) is 42.2 Å². The lowest BCUT2D eigenvalue weighted by Crippen LogP contribution is -2.39. The molecule has 0 amide bonds. The number of Topliss-reactive ketones (excluding diaryl/α,β-unsaturated/α-hetero) is 1. The molecular formula is C25H31NO5. The Morgan fingerprint density at radius 3 is 2.74 bits per heavy atom. The summed E-state index contributed by atoms with van der Waals surface area (Å²) in [5.41, 5.74) is 2.87. The Bertz CT molecular complexity index is 959. The van der Waals surface area contributed by atoms with Gasteiger partial charge in [0.1, 0.15) is 5.92 Å². The average molecular weight is 426 g/mol. The Labute approximate surface area is 183 Å². The largest absolute Gasteiger partial charge is 0.465 e. The maximum absolute atomic E-state index is 13.3. The normalized spacial score (nSPS) is 24.0. The minimum atomic E-state index is -0.620. The molecule has 2 heterocycles. The van der Waals surface area contributed by atoms with Crippen LogP contribution in [-0.2, 0) is 14.3 Å². The van der Waals surface area contributed by atoms with E-state index >= 15 is 0 Å². The quantitative estimate of drug-likeness (QED) is 0.475. The van der Waals surface area contributed by atoms with Gasteiger partial charge in [-0.15, -0.1) is 0 Å². The third kappa shape index (κ3) is 4.25. The SMILES string of the molecule is CCCCCOC(=O)C1C(C)=NC2=C(C(=O)CC(C)(C)C2)[C@H]1c1ccc2c(c1)OCO2. The number of ether oxygens (including phenoxy) is 3. The number of benzene rings is 1. The summed E-state index contributed by atoms with van der Waals surface area (Å²) in [7, 11) is 0. The molecule has 2 aliphatic heterocycles. The molecule has 0 aromatic heterocycles. The first-order chi connectivity index (χ1) is 14.8. The van der Waals surface area contributed by atoms with Gasteiger partial charge in [0.05, 0.1) is 6.61 Å². The number of nitrogens with zero attached hydrogens (tertiary/aromatic N) is 1. The molecule has 0 fully saturated rings. The molecule has 0 saturated carbocycles. The molecule has 6 heteroatoms. The molecule has 3 aliphatic rings. The monoisotopic (exact) mass is 425 g/mol. The maximum Gasteiger partial charge on any atom is 0.315 e. The molecule has 4 rings (SSSR count). The molecule has 1 aromatic rings. The number of unbranched alkanes of at least 4 members (excludes halogenated alkanes) is 2. The third-order valence-electron chi connectivity index (χ3n) is 6.30. The predicted molar refractivity (Wildman–Crippen MR) is 117 cm³/mol. The number of hydrogen-bond acceptors (Lipinski definition) is 6. The van der Waals surface area contributed by atoms with Crippen LogP contribution in [0, 0.1) is 11.3 Å². The molecule has 6 nitrogen and oxygen atoms in total. The average Bonchev–Trinajstić information content (AvgIpc) is 3.16. The molecule has 31 heavy (non-hydrogen) atoms. The number of ketones is 1. The van der Waals surface area contributed by atoms with Crippen molar-refractivity contribution >= 4 is 17.5 Å². The van der Waals surface area contributed by atoms with Crippen molar-refractivity contribution in [3.8, 4) is 11.5 Å². The van der Waals surface area contributed by atoms with Gasteiger partial charge < -0.3 is 14.2 Å². The zero-order chi connectivity index (χ0) is 22.2. The van der Waals surface area contributed by atoms with Crippen LogP contribution in [0.15, 0.2) is 34.5 Å². The number of hydrogen-bond donors (Lipinski definition) is 0. The number of aliphatic imine (C=N–C) groups is 1. The number of carbonyl (C=O) groups is 2. The van der Waals surface area contributed by atoms with Crippen LogP contribution in [0.5, 0.6) is 11.5 Å². The van der Waals surface area contributed by atoms with E-state index in [9.17, 15) is 9.59 Å². The van der Waals surface area contributed by atoms with Crippen LogP contribution in [0.1, 0.15) is 71.3 Å². The van der Waals surface area contributed by atoms with Crippen molar-refractivity contribution in [1.29, 1.82) is 0 Å². The van der Waals surface area contributed by atoms with Gasteiger partial charge >= 0.3 is 5.97 Å². The highest BCUT2D eigenvalue weighted by Crippen LogP contribution is 2.49. The van der Waals surface area contributed by atoms with Gasteiger partial charge in [0.25, 0.3) is 0 Å². The summed E-state index contributed by atoms with van der Waals surface area (Å²) < 4.78 is 16.7. The Morgan fingerprint density at radius 2 is 1.97 bits per heavy atom. The maximum atomic E-state index is 13.3. The molecule has 2 atom stereocenters. The highest BCUT2D eigenvalue weighted by molar-refractivity contribution is 6.09. The second-order valence-corrected chi connectivity index (χ2v) is 9.50. The fourth-order valence-electron chi connectivity index (χ4n) is 4.83. The fraction of sp³-hybridized carbons (Fsp3) is 0.560. The summed E-state index contributed by atoms with van der Waals surface area (Å²) in [4.78, 5) is 31.3. The lowest BCUT2D eigenvalue weighted by atomic mass is 9.67. The van der Waals surface area contributed by atoms with Crippen molar-refractivity contribution in [3.05, 3.63) is 35.0 Å². The minimum Gasteiger partial charge on any atom is -0.465 e. The summed E-state index contributed by atoms with van der Waals surface area (Å²) in [5.74, 6) is 0.0146. The molecule has 0 N–H and O–H groups in total. The van der Waals surface area contributed by atoms with Crippen molar-refractivity contribution in [2.24, 2.45) is 16.3 Å². The second kappa shape index (κ2) is 8.48. The first-order valence-electron chi connectivity index (χ1n) is 11.2. The highest BCUT2D eigenvalue weighted by atomic mass is 16.7. The van der Waals surface area contributed by atoms with Gasteiger partial charge in [0, 0.05) is 29.3 Å². The number of carbonyl (C=O) groups excluding carboxylic acids is 2. The van der Waals surface area contributed by atoms with Gasteiger partial charge in [0.15, 0.2) is 17.3 Å². The lowest BCUT2D eigenvalue weighted by molar-refractivity contribution is -0.146. The van der Waals surface area contributed by atoms with Gasteiger partial charge in [-0.05, 0) is 42.9 Å². The third-order valence-corrected chi connectivity index (χ3v) is 6.30. The summed E-state index contributed by atoms with van der Waals surface area (Å²) in [6.45, 7) is 8.71. The van der Waals surface area contributed by atoms with E-state index in [4.69, 9.17) is 19.2 Å². The molecule has 166 valence electrons. The van der Waals surface area contributed by atoms with Gasteiger partial charge in [-0.25, -0.2) is 0 Å². The molecule has 1 unspecified atom stereocenters. The van der Waals surface area contributed by atoms with E-state index in [-0.39, 0.29) is 24.0 Å². The lowest BCUT2D eigenvalue weighted by Gasteiger charge is -2.39. The molecule has 0 bridgehead atoms. The first-order valence-corrected chi connectivity index (χ1v) is 11.2. The molecule has 1 aromatic carbocycles. The van der Waals surface area contributed by atoms with E-state index in [1.54, 1.807) is 0 Å². The Hall–Kier alpha value is -2.63. The van der Waals surface area contributed by atoms with Crippen molar-refractivity contribution in [3.63, 3.8) is 0 Å². The van der Waals surface area contributed by atoms with Crippen molar-refractivity contribution < 1.29 is 23.8 Å². The van der Waals surface area contributed by atoms with Crippen LogP contribution < -0.4 is 9.47 Å². The summed E-state index contributed by atoms with van der Waals surface area (Å²) in [6.07, 6.45) is 4.06. The number of allylic oxidation sites excluding steroid dienone is 2. The fourth-order valence-corrected chi connectivity index (χ4v) is 4.83. The van der Waals surface area contributed by atoms with Crippen LogP contribution in [0.4, 0.5) is 0 Å². The van der Waals surface area contributed by atoms with E-state index in [1.165, 1.54) is 0 Å². The van der Waals surface area contributed by atoms with Crippen molar-refractivity contribution in [2.75, 3.05) is 13.4 Å². The zero-order valence-electron chi connectivity index (χ0n) is 18.8. The first kappa shape index (κ1) is 21.6. The molecule has 0 spiro atoms. The van der Waals surface area contributed by atoms with Gasteiger partial charge in [-0.2, -0.15) is 0 Å². The van der Waals surface area contributed by atoms with E-state index < -0.39 is 11.8 Å². The topological polar surface area (TPSA) is 74.2 Å². The highest BCUT2D eigenvalue weighted by Gasteiger charge is 2.46. The van der Waals surface area contributed by atoms with Crippen LogP contribution in [0.2, 0.25) is 0 Å². The molecule has 0 radical (unpaired) electrons. The van der Waals surface area contributed by atoms with Crippen LogP contribution in [0.25, 0.3) is 0 Å². The number of rotatable bonds is 6. The second-order valence-electron chi connectivity index (χ2n) is 9.50.